The van der Waals surface area contributed by atoms with E-state index in [1.54, 1.807) is 16.6 Å². The first-order valence-electron chi connectivity index (χ1n) is 13.6. The van der Waals surface area contributed by atoms with E-state index in [9.17, 15) is 24.3 Å². The van der Waals surface area contributed by atoms with Crippen molar-refractivity contribution in [2.75, 3.05) is 11.9 Å². The highest BCUT2D eigenvalue weighted by atomic mass is 19.1. The lowest BCUT2D eigenvalue weighted by Gasteiger charge is -2.31. The molecule has 40 heavy (non-hydrogen) atoms. The number of nitrogens with zero attached hydrogens (tertiary/aromatic N) is 4. The monoisotopic (exact) mass is 549 g/mol. The van der Waals surface area contributed by atoms with Gasteiger partial charge in [0.1, 0.15) is 12.2 Å². The number of hydrogen-bond acceptors (Lipinski definition) is 7. The summed E-state index contributed by atoms with van der Waals surface area (Å²) in [5.74, 6) is -0.539. The summed E-state index contributed by atoms with van der Waals surface area (Å²) in [5, 5.41) is 32.6. The van der Waals surface area contributed by atoms with Gasteiger partial charge in [-0.25, -0.2) is 8.91 Å². The molecule has 1 aliphatic rings. The number of anilines is 1. The van der Waals surface area contributed by atoms with Gasteiger partial charge in [0.25, 0.3) is 5.91 Å². The zero-order valence-corrected chi connectivity index (χ0v) is 23.2. The van der Waals surface area contributed by atoms with Crippen molar-refractivity contribution < 1.29 is 19.1 Å². The van der Waals surface area contributed by atoms with E-state index in [1.807, 2.05) is 26.0 Å². The number of nitrogens with one attached hydrogen (secondary N) is 3. The smallest absolute Gasteiger partial charge is 0.255 e. The number of hydrogen-bond donors (Lipinski definition) is 4. The summed E-state index contributed by atoms with van der Waals surface area (Å²) in [4.78, 5) is 29.7. The molecule has 4 N–H and O–H groups in total. The van der Waals surface area contributed by atoms with Crippen molar-refractivity contribution in [2.45, 2.75) is 77.2 Å². The fourth-order valence-electron chi connectivity index (χ4n) is 4.65. The number of alkyl halides is 1. The molecule has 3 heterocycles. The molecule has 2 amide bonds. The molecule has 212 valence electrons. The van der Waals surface area contributed by atoms with Gasteiger partial charge in [-0.1, -0.05) is 13.8 Å². The van der Waals surface area contributed by atoms with Gasteiger partial charge in [0.2, 0.25) is 5.91 Å². The van der Waals surface area contributed by atoms with Crippen LogP contribution >= 0.6 is 0 Å². The minimum atomic E-state index is -1.65. The lowest BCUT2D eigenvalue weighted by atomic mass is 9.90. The summed E-state index contributed by atoms with van der Waals surface area (Å²) < 4.78 is 16.0. The number of carbonyl (C=O) groups excluding carboxylic acids is 2. The Kier molecular flexibility index (Phi) is 8.69. The summed E-state index contributed by atoms with van der Waals surface area (Å²) in [6.07, 6.45) is 4.47. The van der Waals surface area contributed by atoms with E-state index >= 15 is 0 Å². The first-order chi connectivity index (χ1) is 19.0. The average molecular weight is 550 g/mol. The molecule has 0 saturated heterocycles. The third-order valence-corrected chi connectivity index (χ3v) is 7.21. The van der Waals surface area contributed by atoms with Gasteiger partial charge in [-0.15, -0.1) is 0 Å². The van der Waals surface area contributed by atoms with Crippen molar-refractivity contribution >= 4 is 23.0 Å². The molecular weight excluding hydrogens is 513 g/mol. The molecule has 0 aromatic carbocycles. The van der Waals surface area contributed by atoms with E-state index in [0.717, 1.165) is 31.2 Å². The van der Waals surface area contributed by atoms with Gasteiger partial charge in [-0.2, -0.15) is 10.4 Å². The third kappa shape index (κ3) is 6.74. The second-order valence-corrected chi connectivity index (χ2v) is 11.2. The van der Waals surface area contributed by atoms with Gasteiger partial charge >= 0.3 is 0 Å². The van der Waals surface area contributed by atoms with Gasteiger partial charge in [-0.05, 0) is 63.8 Å². The summed E-state index contributed by atoms with van der Waals surface area (Å²) in [5.41, 5.74) is 1.62. The maximum absolute atomic E-state index is 14.3. The van der Waals surface area contributed by atoms with Gasteiger partial charge < -0.3 is 21.1 Å². The number of halogens is 1. The number of fused-ring (bicyclic) bond motifs is 1. The molecular formula is C29H36FN7O3. The van der Waals surface area contributed by atoms with Crippen LogP contribution in [0.5, 0.6) is 0 Å². The van der Waals surface area contributed by atoms with Crippen molar-refractivity contribution in [1.29, 1.82) is 5.26 Å². The molecule has 1 atom stereocenters. The van der Waals surface area contributed by atoms with Crippen LogP contribution in [0.2, 0.25) is 0 Å². The minimum absolute atomic E-state index is 0.0429. The SMILES string of the molecule is CC(C)C(=O)NC1CCC(Nc2cc(-c3ccc4cc(C#N)cnn34)ncc2C(=O)NCC(F)C(C)(C)O)CC1. The quantitative estimate of drug-likeness (QED) is 0.319. The Morgan fingerprint density at radius 1 is 1.18 bits per heavy atom. The van der Waals surface area contributed by atoms with Crippen LogP contribution in [0.1, 0.15) is 69.3 Å². The van der Waals surface area contributed by atoms with Gasteiger partial charge in [-0.3, -0.25) is 14.6 Å². The molecule has 11 heteroatoms. The van der Waals surface area contributed by atoms with Crippen LogP contribution in [0.25, 0.3) is 16.9 Å². The van der Waals surface area contributed by atoms with E-state index in [1.165, 1.54) is 26.2 Å². The Hall–Kier alpha value is -4.04. The lowest BCUT2D eigenvalue weighted by Crippen LogP contribution is -2.42. The number of aliphatic hydroxyl groups is 1. The Labute approximate surface area is 233 Å². The van der Waals surface area contributed by atoms with E-state index in [2.05, 4.69) is 32.1 Å². The Bertz CT molecular complexity index is 1420. The van der Waals surface area contributed by atoms with Crippen LogP contribution in [0.3, 0.4) is 0 Å². The van der Waals surface area contributed by atoms with Crippen LogP contribution in [0.4, 0.5) is 10.1 Å². The van der Waals surface area contributed by atoms with Gasteiger partial charge in [0, 0.05) is 24.2 Å². The normalized spacial score (nSPS) is 18.2. The van der Waals surface area contributed by atoms with Crippen LogP contribution in [-0.2, 0) is 4.79 Å². The van der Waals surface area contributed by atoms with Crippen molar-refractivity contribution in [3.05, 3.63) is 47.8 Å². The number of amides is 2. The number of aromatic nitrogens is 3. The number of nitriles is 1. The molecule has 3 aromatic heterocycles. The molecule has 3 aromatic rings. The maximum Gasteiger partial charge on any atom is 0.255 e. The minimum Gasteiger partial charge on any atom is -0.387 e. The summed E-state index contributed by atoms with van der Waals surface area (Å²) in [6.45, 7) is 6.09. The fraction of sp³-hybridized carbons (Fsp3) is 0.483. The molecule has 0 spiro atoms. The van der Waals surface area contributed by atoms with Crippen molar-refractivity contribution in [3.63, 3.8) is 0 Å². The number of carbonyl (C=O) groups is 2. The fourth-order valence-corrected chi connectivity index (χ4v) is 4.65. The predicted molar refractivity (Wildman–Crippen MR) is 149 cm³/mol. The second kappa shape index (κ2) is 12.0. The highest BCUT2D eigenvalue weighted by molar-refractivity contribution is 6.00. The molecule has 0 aliphatic heterocycles. The van der Waals surface area contributed by atoms with Gasteiger partial charge in [0.15, 0.2) is 0 Å². The number of pyridine rings is 1. The van der Waals surface area contributed by atoms with E-state index < -0.39 is 17.7 Å². The number of rotatable bonds is 9. The zero-order valence-electron chi connectivity index (χ0n) is 23.2. The van der Waals surface area contributed by atoms with Crippen LogP contribution in [0.15, 0.2) is 36.7 Å². The molecule has 1 fully saturated rings. The highest BCUT2D eigenvalue weighted by Crippen LogP contribution is 2.29. The maximum atomic E-state index is 14.3. The Morgan fingerprint density at radius 2 is 1.88 bits per heavy atom. The zero-order chi connectivity index (χ0) is 29.0. The topological polar surface area (TPSA) is 144 Å². The molecule has 1 saturated carbocycles. The van der Waals surface area contributed by atoms with E-state index in [0.29, 0.717) is 22.6 Å². The lowest BCUT2D eigenvalue weighted by molar-refractivity contribution is -0.124. The molecule has 1 unspecified atom stereocenters. The summed E-state index contributed by atoms with van der Waals surface area (Å²) in [7, 11) is 0. The van der Waals surface area contributed by atoms with Gasteiger partial charge in [0.05, 0.1) is 52.1 Å². The molecule has 1 aliphatic carbocycles. The van der Waals surface area contributed by atoms with Crippen LogP contribution < -0.4 is 16.0 Å². The second-order valence-electron chi connectivity index (χ2n) is 11.2. The molecule has 0 bridgehead atoms. The third-order valence-electron chi connectivity index (χ3n) is 7.21. The summed E-state index contributed by atoms with van der Waals surface area (Å²) in [6, 6.07) is 9.42. The largest absolute Gasteiger partial charge is 0.387 e. The molecule has 4 rings (SSSR count). The molecule has 10 nitrogen and oxygen atoms in total. The van der Waals surface area contributed by atoms with E-state index in [4.69, 9.17) is 0 Å². The predicted octanol–water partition coefficient (Wildman–Crippen LogP) is 3.60. The van der Waals surface area contributed by atoms with Crippen LogP contribution in [-0.4, -0.2) is 61.9 Å². The first kappa shape index (κ1) is 29.0. The highest BCUT2D eigenvalue weighted by Gasteiger charge is 2.28. The van der Waals surface area contributed by atoms with Crippen molar-refractivity contribution in [1.82, 2.24) is 25.2 Å². The van der Waals surface area contributed by atoms with Crippen molar-refractivity contribution in [2.24, 2.45) is 5.92 Å². The van der Waals surface area contributed by atoms with Crippen LogP contribution in [0, 0.1) is 17.2 Å². The Morgan fingerprint density at radius 3 is 2.52 bits per heavy atom. The first-order valence-corrected chi connectivity index (χ1v) is 13.6. The van der Waals surface area contributed by atoms with Crippen molar-refractivity contribution in [3.8, 4) is 17.5 Å². The Balaban J connectivity index is 1.58. The standard InChI is InChI=1S/C29H36FN7O3/c1-17(2)27(38)36-20-7-5-19(6-8-20)35-23-12-24(25-10-9-21-11-18(13-31)14-34-37(21)25)32-15-22(23)28(39)33-16-26(30)29(3,4)40/h9-12,14-15,17,19-20,26,40H,5-8,16H2,1-4H3,(H,32,35)(H,33,39)(H,36,38). The molecule has 0 radical (unpaired) electrons. The van der Waals surface area contributed by atoms with E-state index in [-0.39, 0.29) is 36.0 Å². The summed E-state index contributed by atoms with van der Waals surface area (Å²) >= 11 is 0. The average Bonchev–Trinajstić information content (AvgIpc) is 3.35.